The number of pyridine rings is 1. The summed E-state index contributed by atoms with van der Waals surface area (Å²) in [7, 11) is -2.67. The molecule has 0 saturated carbocycles. The van der Waals surface area contributed by atoms with Crippen LogP contribution < -0.4 is 16.2 Å². The maximum atomic E-state index is 13.8. The van der Waals surface area contributed by atoms with E-state index in [0.717, 1.165) is 10.7 Å². The molecule has 3 aromatic rings. The normalized spacial score (nSPS) is 11.4. The fourth-order valence-electron chi connectivity index (χ4n) is 3.41. The molecule has 192 valence electrons. The Balaban J connectivity index is 2.05. The monoisotopic (exact) mass is 533 g/mol. The van der Waals surface area contributed by atoms with E-state index in [4.69, 9.17) is 32.5 Å². The van der Waals surface area contributed by atoms with Gasteiger partial charge >= 0.3 is 5.97 Å². The molecule has 36 heavy (non-hydrogen) atoms. The lowest BCUT2D eigenvalue weighted by molar-refractivity contribution is -0.144. The Morgan fingerprint density at radius 2 is 1.94 bits per heavy atom. The molecule has 0 spiro atoms. The van der Waals surface area contributed by atoms with E-state index in [1.807, 2.05) is 6.92 Å². The van der Waals surface area contributed by atoms with Crippen LogP contribution in [0.25, 0.3) is 10.8 Å². The van der Waals surface area contributed by atoms with Crippen molar-refractivity contribution in [2.24, 2.45) is 16.5 Å². The number of hydrogen-bond donors (Lipinski definition) is 2. The molecule has 3 rings (SSSR count). The van der Waals surface area contributed by atoms with Gasteiger partial charge in [0.2, 0.25) is 10.0 Å². The van der Waals surface area contributed by atoms with Crippen molar-refractivity contribution in [3.8, 4) is 5.75 Å². The summed E-state index contributed by atoms with van der Waals surface area (Å²) in [5, 5.41) is 1.16. The smallest absolute Gasteiger partial charge is 0.321 e. The van der Waals surface area contributed by atoms with Gasteiger partial charge < -0.3 is 20.9 Å². The number of ether oxygens (including phenoxy) is 2. The first-order valence-corrected chi connectivity index (χ1v) is 12.9. The zero-order valence-electron chi connectivity index (χ0n) is 20.0. The van der Waals surface area contributed by atoms with Crippen LogP contribution in [0, 0.1) is 0 Å². The maximum absolute atomic E-state index is 13.8. The fraction of sp³-hybridized carbons (Fsp3) is 0.292. The first kappa shape index (κ1) is 27.2. The lowest BCUT2D eigenvalue weighted by Gasteiger charge is -2.22. The van der Waals surface area contributed by atoms with Crippen LogP contribution in [-0.2, 0) is 26.1 Å². The lowest BCUT2D eigenvalue weighted by atomic mass is 10.1. The predicted octanol–water partition coefficient (Wildman–Crippen LogP) is 3.34. The highest BCUT2D eigenvalue weighted by atomic mass is 35.5. The number of benzene rings is 2. The number of carbonyl (C=O) groups is 1. The predicted molar refractivity (Wildman–Crippen MR) is 139 cm³/mol. The number of rotatable bonds is 11. The second kappa shape index (κ2) is 12.0. The van der Waals surface area contributed by atoms with E-state index in [1.165, 1.54) is 25.4 Å². The number of fused-ring (bicyclic) bond motifs is 1. The molecule has 10 nitrogen and oxygen atoms in total. The number of nitrogens with two attached hydrogens (primary N) is 2. The second-order valence-corrected chi connectivity index (χ2v) is 10.2. The van der Waals surface area contributed by atoms with Crippen molar-refractivity contribution in [3.05, 3.63) is 59.2 Å². The molecule has 0 amide bonds. The van der Waals surface area contributed by atoms with Crippen molar-refractivity contribution in [3.63, 3.8) is 0 Å². The minimum absolute atomic E-state index is 0.0876. The molecule has 0 bridgehead atoms. The summed E-state index contributed by atoms with van der Waals surface area (Å²) in [6.07, 6.45) is 2.90. The van der Waals surface area contributed by atoms with E-state index in [0.29, 0.717) is 33.5 Å². The molecule has 0 saturated heterocycles. The number of halogens is 1. The third-order valence-corrected chi connectivity index (χ3v) is 7.31. The Morgan fingerprint density at radius 1 is 1.17 bits per heavy atom. The van der Waals surface area contributed by atoms with Crippen LogP contribution in [0.3, 0.4) is 0 Å². The first-order valence-electron chi connectivity index (χ1n) is 11.1. The van der Waals surface area contributed by atoms with E-state index < -0.39 is 22.5 Å². The third-order valence-electron chi connectivity index (χ3n) is 5.22. The van der Waals surface area contributed by atoms with Crippen LogP contribution in [0.4, 0.5) is 5.82 Å². The minimum atomic E-state index is -4.18. The second-order valence-electron chi connectivity index (χ2n) is 7.87. The van der Waals surface area contributed by atoms with Crippen molar-refractivity contribution in [2.45, 2.75) is 31.2 Å². The van der Waals surface area contributed by atoms with Gasteiger partial charge in [-0.25, -0.2) is 13.4 Å². The summed E-state index contributed by atoms with van der Waals surface area (Å²) in [4.78, 5) is 20.5. The molecule has 0 aliphatic carbocycles. The number of nitrogens with zero attached hydrogens (tertiary/aromatic N) is 3. The number of aliphatic imine (C=N–C) groups is 1. The lowest BCUT2D eigenvalue weighted by Crippen LogP contribution is -2.36. The molecule has 4 N–H and O–H groups in total. The highest BCUT2D eigenvalue weighted by Crippen LogP contribution is 2.32. The number of unbranched alkanes of at least 4 members (excludes halogenated alkanes) is 1. The Morgan fingerprint density at radius 3 is 2.64 bits per heavy atom. The Bertz CT molecular complexity index is 1380. The van der Waals surface area contributed by atoms with Gasteiger partial charge in [0.15, 0.2) is 11.8 Å². The van der Waals surface area contributed by atoms with Gasteiger partial charge in [-0.05, 0) is 36.2 Å². The van der Waals surface area contributed by atoms with Gasteiger partial charge in [-0.15, -0.1) is 0 Å². The summed E-state index contributed by atoms with van der Waals surface area (Å²) < 4.78 is 39.1. The first-order chi connectivity index (χ1) is 17.1. The topological polar surface area (TPSA) is 150 Å². The highest BCUT2D eigenvalue weighted by Gasteiger charge is 2.28. The Labute approximate surface area is 214 Å². The number of hydrogen-bond acceptors (Lipinski definition) is 7. The van der Waals surface area contributed by atoms with Crippen molar-refractivity contribution < 1.29 is 22.7 Å². The SMILES string of the molecule is CCCCOC(=O)CN(Cc1cccc(OC)c1)S(=O)(=O)c1ccc2c(Cl)cnc(N=C(N)N)c2c1. The van der Waals surface area contributed by atoms with Gasteiger partial charge in [-0.3, -0.25) is 4.79 Å². The zero-order chi connectivity index (χ0) is 26.3. The number of methoxy groups -OCH3 is 1. The summed E-state index contributed by atoms with van der Waals surface area (Å²) in [5.41, 5.74) is 11.6. The molecular formula is C24H28ClN5O5S. The molecule has 0 aliphatic heterocycles. The van der Waals surface area contributed by atoms with Crippen molar-refractivity contribution >= 4 is 50.1 Å². The van der Waals surface area contributed by atoms with E-state index in [-0.39, 0.29) is 29.8 Å². The molecule has 1 heterocycles. The van der Waals surface area contributed by atoms with Crippen molar-refractivity contribution in [1.29, 1.82) is 0 Å². The minimum Gasteiger partial charge on any atom is -0.497 e. The average Bonchev–Trinajstić information content (AvgIpc) is 2.85. The van der Waals surface area contributed by atoms with Crippen molar-refractivity contribution in [1.82, 2.24) is 9.29 Å². The highest BCUT2D eigenvalue weighted by molar-refractivity contribution is 7.89. The Hall–Kier alpha value is -3.41. The Kier molecular flexibility index (Phi) is 9.08. The van der Waals surface area contributed by atoms with Gasteiger partial charge in [0.05, 0.1) is 23.6 Å². The molecule has 2 aromatic carbocycles. The van der Waals surface area contributed by atoms with E-state index in [1.54, 1.807) is 30.3 Å². The maximum Gasteiger partial charge on any atom is 0.321 e. The average molecular weight is 534 g/mol. The van der Waals surface area contributed by atoms with Gasteiger partial charge in [0.1, 0.15) is 12.3 Å². The zero-order valence-corrected chi connectivity index (χ0v) is 21.6. The van der Waals surface area contributed by atoms with Crippen LogP contribution in [-0.4, -0.2) is 49.9 Å². The van der Waals surface area contributed by atoms with Gasteiger partial charge in [-0.1, -0.05) is 43.1 Å². The fourth-order valence-corrected chi connectivity index (χ4v) is 5.03. The van der Waals surface area contributed by atoms with Gasteiger partial charge in [0.25, 0.3) is 0 Å². The number of esters is 1. The number of sulfonamides is 1. The largest absolute Gasteiger partial charge is 0.497 e. The summed E-state index contributed by atoms with van der Waals surface area (Å²) in [6.45, 7) is 1.61. The molecule has 0 atom stereocenters. The van der Waals surface area contributed by atoms with Crippen molar-refractivity contribution in [2.75, 3.05) is 20.3 Å². The van der Waals surface area contributed by atoms with Crippen LogP contribution >= 0.6 is 11.6 Å². The number of aromatic nitrogens is 1. The summed E-state index contributed by atoms with van der Waals surface area (Å²) in [5.74, 6) is -0.219. The summed E-state index contributed by atoms with van der Waals surface area (Å²) in [6, 6.07) is 11.3. The van der Waals surface area contributed by atoms with Gasteiger partial charge in [-0.2, -0.15) is 9.30 Å². The van der Waals surface area contributed by atoms with E-state index in [2.05, 4.69) is 9.98 Å². The van der Waals surface area contributed by atoms with Crippen LogP contribution in [0.15, 0.2) is 58.5 Å². The van der Waals surface area contributed by atoms with E-state index in [9.17, 15) is 13.2 Å². The van der Waals surface area contributed by atoms with Gasteiger partial charge in [0, 0.05) is 23.5 Å². The standard InChI is InChI=1S/C24H28ClN5O5S/c1-3-4-10-35-22(31)15-30(14-16-6-5-7-17(11-16)34-2)36(32,33)18-8-9-19-20(12-18)23(29-24(26)27)28-13-21(19)25/h5-9,11-13H,3-4,10,14-15H2,1-2H3,(H4,26,27,28,29). The van der Waals surface area contributed by atoms with Crippen LogP contribution in [0.1, 0.15) is 25.3 Å². The molecule has 0 unspecified atom stereocenters. The van der Waals surface area contributed by atoms with Crippen LogP contribution in [0.5, 0.6) is 5.75 Å². The molecule has 0 fully saturated rings. The number of guanidine groups is 1. The van der Waals surface area contributed by atoms with E-state index >= 15 is 0 Å². The molecule has 1 aromatic heterocycles. The molecular weight excluding hydrogens is 506 g/mol. The van der Waals surface area contributed by atoms with Crippen LogP contribution in [0.2, 0.25) is 5.02 Å². The summed E-state index contributed by atoms with van der Waals surface area (Å²) >= 11 is 6.25. The molecule has 12 heteroatoms. The third kappa shape index (κ3) is 6.62. The quantitative estimate of drug-likeness (QED) is 0.165. The molecule has 0 aliphatic rings. The molecule has 0 radical (unpaired) electrons. The number of carbonyl (C=O) groups excluding carboxylic acids is 1.